The molecular weight excluding hydrogens is 544 g/mol. The van der Waals surface area contributed by atoms with E-state index in [1.54, 1.807) is 18.2 Å². The first-order valence-corrected chi connectivity index (χ1v) is 11.9. The lowest BCUT2D eigenvalue weighted by Crippen LogP contribution is -2.56. The zero-order chi connectivity index (χ0) is 24.0. The van der Waals surface area contributed by atoms with Crippen LogP contribution in [0.1, 0.15) is 5.56 Å². The summed E-state index contributed by atoms with van der Waals surface area (Å²) in [5.41, 5.74) is 3.54. The topological polar surface area (TPSA) is 53.2 Å². The lowest BCUT2D eigenvalue weighted by atomic mass is 10.0. The molecule has 0 aliphatic rings. The Hall–Kier alpha value is -1.73. The van der Waals surface area contributed by atoms with Crippen LogP contribution in [-0.2, 0) is 11.2 Å². The SMILES string of the molecule is O=C(Cc1ccc(-c2ccccc2)cc1)NC(NC(=S)Nc1ccc(Cl)c(Cl)c1)C(Cl)(Cl)Cl. The highest BCUT2D eigenvalue weighted by molar-refractivity contribution is 7.80. The summed E-state index contributed by atoms with van der Waals surface area (Å²) in [6.45, 7) is 0. The molecule has 0 aromatic heterocycles. The predicted molar refractivity (Wildman–Crippen MR) is 144 cm³/mol. The molecule has 3 N–H and O–H groups in total. The van der Waals surface area contributed by atoms with Crippen molar-refractivity contribution in [2.24, 2.45) is 0 Å². The second-order valence-corrected chi connectivity index (χ2v) is 10.6. The Morgan fingerprint density at radius 1 is 0.848 bits per heavy atom. The van der Waals surface area contributed by atoms with Crippen LogP contribution in [-0.4, -0.2) is 21.0 Å². The number of thiocarbonyl (C=S) groups is 1. The molecule has 3 aromatic carbocycles. The highest BCUT2D eigenvalue weighted by Gasteiger charge is 2.34. The maximum atomic E-state index is 12.6. The van der Waals surface area contributed by atoms with E-state index < -0.39 is 9.96 Å². The van der Waals surface area contributed by atoms with E-state index in [1.807, 2.05) is 54.6 Å². The second kappa shape index (κ2) is 11.6. The van der Waals surface area contributed by atoms with Crippen molar-refractivity contribution in [3.63, 3.8) is 0 Å². The van der Waals surface area contributed by atoms with Crippen LogP contribution in [0.2, 0.25) is 10.0 Å². The Balaban J connectivity index is 1.60. The molecule has 1 unspecified atom stereocenters. The lowest BCUT2D eigenvalue weighted by molar-refractivity contribution is -0.121. The minimum Gasteiger partial charge on any atom is -0.339 e. The van der Waals surface area contributed by atoms with Gasteiger partial charge in [-0.2, -0.15) is 0 Å². The molecule has 0 heterocycles. The largest absolute Gasteiger partial charge is 0.339 e. The van der Waals surface area contributed by atoms with Gasteiger partial charge in [0.15, 0.2) is 5.11 Å². The number of carbonyl (C=O) groups excluding carboxylic acids is 1. The van der Waals surface area contributed by atoms with Crippen molar-refractivity contribution in [3.05, 3.63) is 88.4 Å². The first kappa shape index (κ1) is 25.9. The first-order chi connectivity index (χ1) is 15.6. The number of hydrogen-bond donors (Lipinski definition) is 3. The third kappa shape index (κ3) is 7.92. The van der Waals surface area contributed by atoms with Gasteiger partial charge in [-0.25, -0.2) is 0 Å². The molecular formula is C23H18Cl5N3OS. The van der Waals surface area contributed by atoms with E-state index in [9.17, 15) is 4.79 Å². The van der Waals surface area contributed by atoms with Gasteiger partial charge in [0.05, 0.1) is 16.5 Å². The summed E-state index contributed by atoms with van der Waals surface area (Å²) in [4.78, 5) is 12.6. The molecule has 3 rings (SSSR count). The third-order valence-electron chi connectivity index (χ3n) is 4.51. The van der Waals surface area contributed by atoms with E-state index in [0.717, 1.165) is 16.7 Å². The number of benzene rings is 3. The Morgan fingerprint density at radius 3 is 2.09 bits per heavy atom. The molecule has 172 valence electrons. The smallest absolute Gasteiger partial charge is 0.228 e. The van der Waals surface area contributed by atoms with Gasteiger partial charge in [0.25, 0.3) is 0 Å². The number of anilines is 1. The summed E-state index contributed by atoms with van der Waals surface area (Å²) in [6.07, 6.45) is -0.984. The minimum atomic E-state index is -1.86. The number of nitrogens with one attached hydrogen (secondary N) is 3. The molecule has 33 heavy (non-hydrogen) atoms. The zero-order valence-corrected chi connectivity index (χ0v) is 21.5. The monoisotopic (exact) mass is 559 g/mol. The van der Waals surface area contributed by atoms with E-state index in [0.29, 0.717) is 15.7 Å². The Kier molecular flexibility index (Phi) is 9.10. The van der Waals surface area contributed by atoms with Crippen LogP contribution in [0.15, 0.2) is 72.8 Å². The second-order valence-electron chi connectivity index (χ2n) is 7.01. The normalized spacial score (nSPS) is 12.0. The minimum absolute atomic E-state index is 0.0982. The molecule has 10 heteroatoms. The van der Waals surface area contributed by atoms with E-state index >= 15 is 0 Å². The summed E-state index contributed by atoms with van der Waals surface area (Å²) >= 11 is 35.4. The van der Waals surface area contributed by atoms with Crippen LogP contribution < -0.4 is 16.0 Å². The van der Waals surface area contributed by atoms with Gasteiger partial charge in [0.2, 0.25) is 9.70 Å². The number of amides is 1. The van der Waals surface area contributed by atoms with Crippen LogP contribution in [0, 0.1) is 0 Å². The van der Waals surface area contributed by atoms with E-state index in [4.69, 9.17) is 70.2 Å². The Labute approximate surface area is 222 Å². The van der Waals surface area contributed by atoms with E-state index in [1.165, 1.54) is 0 Å². The number of hydrogen-bond acceptors (Lipinski definition) is 2. The van der Waals surface area contributed by atoms with Gasteiger partial charge in [0, 0.05) is 5.69 Å². The molecule has 3 aromatic rings. The van der Waals surface area contributed by atoms with E-state index in [-0.39, 0.29) is 17.4 Å². The molecule has 0 bridgehead atoms. The average Bonchev–Trinajstić information content (AvgIpc) is 2.76. The number of rotatable bonds is 6. The van der Waals surface area contributed by atoms with Crippen molar-refractivity contribution in [1.29, 1.82) is 0 Å². The maximum absolute atomic E-state index is 12.6. The van der Waals surface area contributed by atoms with Crippen LogP contribution in [0.4, 0.5) is 5.69 Å². The third-order valence-corrected chi connectivity index (χ3v) is 6.12. The molecule has 0 saturated carbocycles. The van der Waals surface area contributed by atoms with Crippen molar-refractivity contribution in [3.8, 4) is 11.1 Å². The summed E-state index contributed by atoms with van der Waals surface area (Å²) in [5.74, 6) is -0.344. The lowest BCUT2D eigenvalue weighted by Gasteiger charge is -2.28. The van der Waals surface area contributed by atoms with Gasteiger partial charge in [0.1, 0.15) is 6.17 Å². The number of carbonyl (C=O) groups is 1. The Morgan fingerprint density at radius 2 is 1.48 bits per heavy atom. The van der Waals surface area contributed by atoms with Crippen LogP contribution >= 0.6 is 70.2 Å². The van der Waals surface area contributed by atoms with Crippen molar-refractivity contribution in [2.75, 3.05) is 5.32 Å². The first-order valence-electron chi connectivity index (χ1n) is 9.65. The van der Waals surface area contributed by atoms with Gasteiger partial charge in [-0.05, 0) is 47.1 Å². The molecule has 0 fully saturated rings. The summed E-state index contributed by atoms with van der Waals surface area (Å²) in [5, 5.41) is 9.26. The quantitative estimate of drug-likeness (QED) is 0.172. The molecule has 1 amide bonds. The van der Waals surface area contributed by atoms with Crippen LogP contribution in [0.25, 0.3) is 11.1 Å². The fourth-order valence-corrected chi connectivity index (χ4v) is 3.78. The summed E-state index contributed by atoms with van der Waals surface area (Å²) in [6, 6.07) is 22.5. The molecule has 0 aliphatic carbocycles. The molecule has 0 spiro atoms. The highest BCUT2D eigenvalue weighted by atomic mass is 35.6. The molecule has 0 saturated heterocycles. The van der Waals surface area contributed by atoms with Gasteiger partial charge >= 0.3 is 0 Å². The van der Waals surface area contributed by atoms with Gasteiger partial charge in [-0.3, -0.25) is 4.79 Å². The van der Waals surface area contributed by atoms with Crippen molar-refractivity contribution < 1.29 is 4.79 Å². The van der Waals surface area contributed by atoms with Crippen LogP contribution in [0.5, 0.6) is 0 Å². The fraction of sp³-hybridized carbons (Fsp3) is 0.130. The van der Waals surface area contributed by atoms with Gasteiger partial charge in [-0.1, -0.05) is 113 Å². The molecule has 4 nitrogen and oxygen atoms in total. The zero-order valence-electron chi connectivity index (χ0n) is 16.9. The number of halogens is 5. The number of alkyl halides is 3. The van der Waals surface area contributed by atoms with Gasteiger partial charge in [-0.15, -0.1) is 0 Å². The van der Waals surface area contributed by atoms with Crippen molar-refractivity contribution >= 4 is 86.9 Å². The fourth-order valence-electron chi connectivity index (χ4n) is 2.91. The maximum Gasteiger partial charge on any atom is 0.228 e. The van der Waals surface area contributed by atoms with E-state index in [2.05, 4.69) is 16.0 Å². The standard InChI is InChI=1S/C23H18Cl5N3OS/c24-18-11-10-17(13-19(18)25)29-22(33)31-21(23(26,27)28)30-20(32)12-14-6-8-16(9-7-14)15-4-2-1-3-5-15/h1-11,13,21H,12H2,(H,30,32)(H2,29,31,33). The van der Waals surface area contributed by atoms with Crippen molar-refractivity contribution in [2.45, 2.75) is 16.4 Å². The Bertz CT molecular complexity index is 1120. The van der Waals surface area contributed by atoms with Crippen LogP contribution in [0.3, 0.4) is 0 Å². The van der Waals surface area contributed by atoms with Crippen molar-refractivity contribution in [1.82, 2.24) is 10.6 Å². The average molecular weight is 562 g/mol. The predicted octanol–water partition coefficient (Wildman–Crippen LogP) is 7.00. The molecule has 0 aliphatic heterocycles. The molecule has 1 atom stereocenters. The summed E-state index contributed by atoms with van der Waals surface area (Å²) < 4.78 is -1.86. The van der Waals surface area contributed by atoms with Gasteiger partial charge < -0.3 is 16.0 Å². The molecule has 0 radical (unpaired) electrons. The summed E-state index contributed by atoms with van der Waals surface area (Å²) in [7, 11) is 0. The highest BCUT2D eigenvalue weighted by Crippen LogP contribution is 2.30.